The van der Waals surface area contributed by atoms with Crippen molar-refractivity contribution in [3.05, 3.63) is 0 Å². The number of rotatable bonds is 26. The lowest BCUT2D eigenvalue weighted by molar-refractivity contribution is 0.251. The monoisotopic (exact) mass is 464 g/mol. The smallest absolute Gasteiger partial charge is 0.00891 e. The van der Waals surface area contributed by atoms with Crippen LogP contribution in [-0.2, 0) is 0 Å². The van der Waals surface area contributed by atoms with Crippen molar-refractivity contribution >= 4 is 0 Å². The molecule has 1 aliphatic carbocycles. The molecule has 0 aromatic heterocycles. The zero-order chi connectivity index (χ0) is 24.0. The number of unbranched alkanes of at least 4 members (excludes halogenated alkanes) is 17. The van der Waals surface area contributed by atoms with E-state index in [9.17, 15) is 0 Å². The summed E-state index contributed by atoms with van der Waals surface area (Å²) in [5, 5.41) is 0. The summed E-state index contributed by atoms with van der Waals surface area (Å²) in [4.78, 5) is 2.49. The Bertz CT molecular complexity index is 390. The van der Waals surface area contributed by atoms with E-state index >= 15 is 0 Å². The molecule has 0 spiro atoms. The van der Waals surface area contributed by atoms with Crippen molar-refractivity contribution in [1.29, 1.82) is 0 Å². The zero-order valence-electron chi connectivity index (χ0n) is 23.9. The van der Waals surface area contributed by atoms with E-state index in [1.165, 1.54) is 141 Å². The predicted octanol–water partition coefficient (Wildman–Crippen LogP) is 11.0. The van der Waals surface area contributed by atoms with Crippen LogP contribution in [0, 0.1) is 11.8 Å². The highest BCUT2D eigenvalue weighted by atomic mass is 15.1. The first kappa shape index (κ1) is 31.0. The van der Waals surface area contributed by atoms with Crippen molar-refractivity contribution < 1.29 is 0 Å². The van der Waals surface area contributed by atoms with Crippen LogP contribution in [0.1, 0.15) is 174 Å². The summed E-state index contributed by atoms with van der Waals surface area (Å²) >= 11 is 0. The summed E-state index contributed by atoms with van der Waals surface area (Å²) in [7, 11) is 4.59. The molecule has 0 aromatic rings. The number of nitrogens with zero attached hydrogens (tertiary/aromatic N) is 1. The maximum Gasteiger partial charge on any atom is 0.00891 e. The summed E-state index contributed by atoms with van der Waals surface area (Å²) in [6, 6.07) is 0.823. The van der Waals surface area contributed by atoms with Crippen LogP contribution in [0.25, 0.3) is 0 Å². The van der Waals surface area contributed by atoms with E-state index in [-0.39, 0.29) is 0 Å². The Morgan fingerprint density at radius 1 is 0.485 bits per heavy atom. The van der Waals surface area contributed by atoms with Gasteiger partial charge < -0.3 is 4.90 Å². The van der Waals surface area contributed by atoms with Gasteiger partial charge in [-0.15, -0.1) is 0 Å². The maximum atomic E-state index is 2.49. The van der Waals surface area contributed by atoms with Gasteiger partial charge in [-0.25, -0.2) is 0 Å². The standard InChI is InChI=1S/C32H65N/c1-5-7-9-11-14-19-23-27-32(33(3)4)28-24-20-16-13-15-18-22-26-31-29-30(31)25-21-17-12-10-8-6-2/h30-32H,5-29H2,1-4H3. The fraction of sp³-hybridized carbons (Fsp3) is 1.00. The summed E-state index contributed by atoms with van der Waals surface area (Å²) in [6.45, 7) is 4.62. The zero-order valence-corrected chi connectivity index (χ0v) is 23.9. The van der Waals surface area contributed by atoms with Gasteiger partial charge in [-0.2, -0.15) is 0 Å². The second-order valence-corrected chi connectivity index (χ2v) is 11.9. The third-order valence-corrected chi connectivity index (χ3v) is 8.48. The largest absolute Gasteiger partial charge is 0.306 e. The highest BCUT2D eigenvalue weighted by Crippen LogP contribution is 2.45. The average Bonchev–Trinajstić information content (AvgIpc) is 3.56. The van der Waals surface area contributed by atoms with Crippen LogP contribution < -0.4 is 0 Å². The van der Waals surface area contributed by atoms with Crippen molar-refractivity contribution in [2.24, 2.45) is 11.8 Å². The molecule has 1 nitrogen and oxygen atoms in total. The SMILES string of the molecule is CCCCCCCCCC(CCCCCCCCCC1CC1CCCCCCCC)N(C)C. The fourth-order valence-electron chi connectivity index (χ4n) is 5.87. The van der Waals surface area contributed by atoms with Gasteiger partial charge in [-0.05, 0) is 45.2 Å². The minimum atomic E-state index is 0.823. The Hall–Kier alpha value is -0.0400. The van der Waals surface area contributed by atoms with Crippen molar-refractivity contribution in [2.45, 2.75) is 180 Å². The molecule has 0 heterocycles. The second-order valence-electron chi connectivity index (χ2n) is 11.9. The van der Waals surface area contributed by atoms with E-state index in [0.717, 1.165) is 17.9 Å². The van der Waals surface area contributed by atoms with Gasteiger partial charge in [0.1, 0.15) is 0 Å². The molecule has 0 bridgehead atoms. The van der Waals surface area contributed by atoms with Crippen LogP contribution in [0.5, 0.6) is 0 Å². The molecule has 0 aliphatic heterocycles. The molecular weight excluding hydrogens is 398 g/mol. The quantitative estimate of drug-likeness (QED) is 0.115. The molecule has 3 unspecified atom stereocenters. The van der Waals surface area contributed by atoms with E-state index in [0.29, 0.717) is 0 Å². The molecule has 1 rings (SSSR count). The van der Waals surface area contributed by atoms with Crippen molar-refractivity contribution in [2.75, 3.05) is 14.1 Å². The van der Waals surface area contributed by atoms with Gasteiger partial charge in [0.2, 0.25) is 0 Å². The summed E-state index contributed by atoms with van der Waals surface area (Å²) < 4.78 is 0. The minimum Gasteiger partial charge on any atom is -0.306 e. The number of hydrogen-bond acceptors (Lipinski definition) is 1. The highest BCUT2D eigenvalue weighted by Gasteiger charge is 2.34. The molecule has 33 heavy (non-hydrogen) atoms. The molecule has 1 fully saturated rings. The van der Waals surface area contributed by atoms with E-state index in [1.54, 1.807) is 19.3 Å². The van der Waals surface area contributed by atoms with E-state index in [4.69, 9.17) is 0 Å². The lowest BCUT2D eigenvalue weighted by Gasteiger charge is -2.24. The average molecular weight is 464 g/mol. The van der Waals surface area contributed by atoms with Crippen LogP contribution in [0.2, 0.25) is 0 Å². The van der Waals surface area contributed by atoms with Gasteiger partial charge >= 0.3 is 0 Å². The molecule has 1 aliphatic rings. The van der Waals surface area contributed by atoms with Gasteiger partial charge in [0, 0.05) is 6.04 Å². The van der Waals surface area contributed by atoms with Crippen LogP contribution in [0.3, 0.4) is 0 Å². The molecule has 198 valence electrons. The minimum absolute atomic E-state index is 0.823. The van der Waals surface area contributed by atoms with E-state index < -0.39 is 0 Å². The van der Waals surface area contributed by atoms with Gasteiger partial charge in [-0.1, -0.05) is 155 Å². The van der Waals surface area contributed by atoms with Crippen molar-refractivity contribution in [3.63, 3.8) is 0 Å². The summed E-state index contributed by atoms with van der Waals surface area (Å²) in [6.07, 6.45) is 36.7. The van der Waals surface area contributed by atoms with Gasteiger partial charge in [0.05, 0.1) is 0 Å². The lowest BCUT2D eigenvalue weighted by atomic mass is 9.99. The highest BCUT2D eigenvalue weighted by molar-refractivity contribution is 4.85. The Labute approximate surface area is 211 Å². The van der Waals surface area contributed by atoms with Crippen LogP contribution in [0.15, 0.2) is 0 Å². The maximum absolute atomic E-state index is 2.49. The second kappa shape index (κ2) is 22.4. The van der Waals surface area contributed by atoms with E-state index in [1.807, 2.05) is 0 Å². The molecule has 1 heteroatoms. The first-order chi connectivity index (χ1) is 16.2. The summed E-state index contributed by atoms with van der Waals surface area (Å²) in [5.74, 6) is 2.25. The first-order valence-corrected chi connectivity index (χ1v) is 15.8. The lowest BCUT2D eigenvalue weighted by Crippen LogP contribution is -2.27. The predicted molar refractivity (Wildman–Crippen MR) is 151 cm³/mol. The molecule has 3 atom stereocenters. The molecule has 0 saturated heterocycles. The van der Waals surface area contributed by atoms with E-state index in [2.05, 4.69) is 32.8 Å². The summed E-state index contributed by atoms with van der Waals surface area (Å²) in [5.41, 5.74) is 0. The Kier molecular flexibility index (Phi) is 21.1. The molecule has 0 aromatic carbocycles. The third kappa shape index (κ3) is 18.9. The fourth-order valence-corrected chi connectivity index (χ4v) is 5.87. The van der Waals surface area contributed by atoms with Crippen molar-refractivity contribution in [1.82, 2.24) is 4.90 Å². The Balaban J connectivity index is 1.84. The van der Waals surface area contributed by atoms with Gasteiger partial charge in [0.15, 0.2) is 0 Å². The molecule has 0 radical (unpaired) electrons. The number of hydrogen-bond donors (Lipinski definition) is 0. The van der Waals surface area contributed by atoms with Crippen molar-refractivity contribution in [3.8, 4) is 0 Å². The first-order valence-electron chi connectivity index (χ1n) is 15.8. The normalized spacial score (nSPS) is 18.8. The topological polar surface area (TPSA) is 3.24 Å². The van der Waals surface area contributed by atoms with Crippen LogP contribution >= 0.6 is 0 Å². The Morgan fingerprint density at radius 3 is 1.18 bits per heavy atom. The van der Waals surface area contributed by atoms with Crippen LogP contribution in [-0.4, -0.2) is 25.0 Å². The van der Waals surface area contributed by atoms with Gasteiger partial charge in [0.25, 0.3) is 0 Å². The molecule has 0 N–H and O–H groups in total. The molecule has 0 amide bonds. The molecular formula is C32H65N. The molecule has 1 saturated carbocycles. The van der Waals surface area contributed by atoms with Crippen LogP contribution in [0.4, 0.5) is 0 Å². The van der Waals surface area contributed by atoms with Gasteiger partial charge in [-0.3, -0.25) is 0 Å². The third-order valence-electron chi connectivity index (χ3n) is 8.48. The Morgan fingerprint density at radius 2 is 0.818 bits per heavy atom.